The maximum absolute atomic E-state index is 14.0. The molecule has 0 radical (unpaired) electrons. The third-order valence-corrected chi connectivity index (χ3v) is 7.47. The number of hydrogen-bond donors (Lipinski definition) is 1. The lowest BCUT2D eigenvalue weighted by Crippen LogP contribution is -2.63. The Balaban J connectivity index is 1.41. The molecule has 174 valence electrons. The summed E-state index contributed by atoms with van der Waals surface area (Å²) in [6, 6.07) is 3.36. The number of amides is 1. The first-order valence-corrected chi connectivity index (χ1v) is 11.6. The van der Waals surface area contributed by atoms with Crippen LogP contribution in [0.2, 0.25) is 0 Å². The van der Waals surface area contributed by atoms with Gasteiger partial charge in [-0.2, -0.15) is 0 Å². The van der Waals surface area contributed by atoms with E-state index in [9.17, 15) is 18.1 Å². The average molecular weight is 469 g/mol. The van der Waals surface area contributed by atoms with E-state index >= 15 is 0 Å². The molecular formula is C20H26F2N6O3S. The van der Waals surface area contributed by atoms with Crippen molar-refractivity contribution < 1.29 is 22.9 Å². The number of aromatic nitrogens is 3. The average Bonchev–Trinajstić information content (AvgIpc) is 3.24. The van der Waals surface area contributed by atoms with Crippen LogP contribution >= 0.6 is 0 Å². The molecule has 1 atom stereocenters. The number of piperazine rings is 1. The zero-order valence-electron chi connectivity index (χ0n) is 17.8. The number of rotatable bonds is 6. The van der Waals surface area contributed by atoms with Gasteiger partial charge in [-0.15, -0.1) is 4.31 Å². The topological polar surface area (TPSA) is 98.6 Å². The standard InChI is InChI=1S/C20H26F2N6O3S/c1-26-13-17(24-25-26)32(30)28-9-7-27(8-10-28)20(5-11-31-12-6-20)14-23-19(29)18-15(21)3-2-4-16(18)22/h2-4,13H,5-12,14H2,1H3,(H,23,29). The molecular weight excluding hydrogens is 442 g/mol. The van der Waals surface area contributed by atoms with Gasteiger partial charge in [0.25, 0.3) is 5.91 Å². The van der Waals surface area contributed by atoms with Crippen LogP contribution in [0.25, 0.3) is 0 Å². The Labute approximate surface area is 188 Å². The van der Waals surface area contributed by atoms with Crippen molar-refractivity contribution in [2.24, 2.45) is 7.05 Å². The highest BCUT2D eigenvalue weighted by atomic mass is 32.2. The summed E-state index contributed by atoms with van der Waals surface area (Å²) in [5.74, 6) is -2.54. The van der Waals surface area contributed by atoms with Crippen LogP contribution in [0, 0.1) is 11.6 Å². The molecule has 12 heteroatoms. The van der Waals surface area contributed by atoms with Crippen LogP contribution in [-0.4, -0.2) is 86.1 Å². The van der Waals surface area contributed by atoms with Crippen molar-refractivity contribution in [1.82, 2.24) is 29.5 Å². The highest BCUT2D eigenvalue weighted by molar-refractivity contribution is 7.89. The molecule has 1 aromatic carbocycles. The van der Waals surface area contributed by atoms with Crippen molar-refractivity contribution >= 4 is 17.3 Å². The van der Waals surface area contributed by atoms with Crippen LogP contribution in [0.4, 0.5) is 8.78 Å². The molecule has 1 aromatic heterocycles. The number of aryl methyl sites for hydroxylation is 1. The highest BCUT2D eigenvalue weighted by Crippen LogP contribution is 2.30. The van der Waals surface area contributed by atoms with Gasteiger partial charge in [0.2, 0.25) is 0 Å². The van der Waals surface area contributed by atoms with Crippen LogP contribution in [0.5, 0.6) is 0 Å². The largest absolute Gasteiger partial charge is 0.591 e. The molecule has 4 rings (SSSR count). The summed E-state index contributed by atoms with van der Waals surface area (Å²) in [5, 5.41) is 10.9. The Kier molecular flexibility index (Phi) is 7.05. The number of ether oxygens (including phenoxy) is 1. The van der Waals surface area contributed by atoms with Gasteiger partial charge in [-0.1, -0.05) is 16.4 Å². The molecule has 3 heterocycles. The molecule has 2 saturated heterocycles. The Bertz CT molecular complexity index is 927. The predicted octanol–water partition coefficient (Wildman–Crippen LogP) is 0.713. The van der Waals surface area contributed by atoms with Crippen LogP contribution in [0.3, 0.4) is 0 Å². The lowest BCUT2D eigenvalue weighted by molar-refractivity contribution is -0.0385. The summed E-state index contributed by atoms with van der Waals surface area (Å²) in [7, 11) is 1.72. The van der Waals surface area contributed by atoms with Crippen molar-refractivity contribution in [3.63, 3.8) is 0 Å². The minimum atomic E-state index is -1.39. The fraction of sp³-hybridized carbons (Fsp3) is 0.550. The fourth-order valence-electron chi connectivity index (χ4n) is 4.27. The van der Waals surface area contributed by atoms with E-state index in [2.05, 4.69) is 20.5 Å². The van der Waals surface area contributed by atoms with Gasteiger partial charge in [-0.3, -0.25) is 14.4 Å². The van der Waals surface area contributed by atoms with Gasteiger partial charge in [0.1, 0.15) is 34.8 Å². The maximum Gasteiger partial charge on any atom is 0.304 e. The molecule has 1 unspecified atom stereocenters. The first kappa shape index (κ1) is 23.1. The number of nitrogens with one attached hydrogen (secondary N) is 1. The normalized spacial score (nSPS) is 20.8. The summed E-state index contributed by atoms with van der Waals surface area (Å²) in [5.41, 5.74) is -0.964. The predicted molar refractivity (Wildman–Crippen MR) is 112 cm³/mol. The van der Waals surface area contributed by atoms with Gasteiger partial charge in [-0.05, 0) is 25.0 Å². The fourth-order valence-corrected chi connectivity index (χ4v) is 5.38. The molecule has 1 N–H and O–H groups in total. The molecule has 0 spiro atoms. The first-order valence-electron chi connectivity index (χ1n) is 10.5. The van der Waals surface area contributed by atoms with E-state index in [0.717, 1.165) is 12.1 Å². The number of nitrogens with zero attached hydrogens (tertiary/aromatic N) is 5. The van der Waals surface area contributed by atoms with E-state index in [1.807, 2.05) is 4.31 Å². The van der Waals surface area contributed by atoms with Crippen molar-refractivity contribution in [3.05, 3.63) is 41.6 Å². The summed E-state index contributed by atoms with van der Waals surface area (Å²) in [6.07, 6.45) is 3.00. The van der Waals surface area contributed by atoms with Crippen LogP contribution in [-0.2, 0) is 23.1 Å². The van der Waals surface area contributed by atoms with E-state index in [0.29, 0.717) is 57.3 Å². The van der Waals surface area contributed by atoms with E-state index in [4.69, 9.17) is 4.74 Å². The van der Waals surface area contributed by atoms with Crippen LogP contribution in [0.1, 0.15) is 23.2 Å². The second-order valence-corrected chi connectivity index (χ2v) is 9.44. The summed E-state index contributed by atoms with van der Waals surface area (Å²) in [6.45, 7) is 3.71. The molecule has 0 aliphatic carbocycles. The second kappa shape index (κ2) is 9.79. The van der Waals surface area contributed by atoms with Gasteiger partial charge >= 0.3 is 5.03 Å². The lowest BCUT2D eigenvalue weighted by Gasteiger charge is -2.49. The van der Waals surface area contributed by atoms with E-state index in [1.165, 1.54) is 10.7 Å². The zero-order valence-corrected chi connectivity index (χ0v) is 18.6. The van der Waals surface area contributed by atoms with Crippen LogP contribution in [0.15, 0.2) is 29.4 Å². The van der Waals surface area contributed by atoms with Crippen molar-refractivity contribution in [1.29, 1.82) is 0 Å². The molecule has 32 heavy (non-hydrogen) atoms. The summed E-state index contributed by atoms with van der Waals surface area (Å²) in [4.78, 5) is 14.8. The number of halogens is 2. The van der Waals surface area contributed by atoms with Crippen molar-refractivity contribution in [2.45, 2.75) is 23.4 Å². The van der Waals surface area contributed by atoms with Crippen molar-refractivity contribution in [3.8, 4) is 0 Å². The quantitative estimate of drug-likeness (QED) is 0.624. The lowest BCUT2D eigenvalue weighted by atomic mass is 9.87. The van der Waals surface area contributed by atoms with Gasteiger partial charge in [0.15, 0.2) is 0 Å². The molecule has 1 amide bonds. The molecule has 0 saturated carbocycles. The Hall–Kier alpha value is -2.12. The zero-order chi connectivity index (χ0) is 22.7. The van der Waals surface area contributed by atoms with Gasteiger partial charge in [-0.25, -0.2) is 8.78 Å². The molecule has 2 aliphatic rings. The molecule has 0 bridgehead atoms. The summed E-state index contributed by atoms with van der Waals surface area (Å²) >= 11 is -1.39. The molecule has 9 nitrogen and oxygen atoms in total. The van der Waals surface area contributed by atoms with Crippen molar-refractivity contribution in [2.75, 3.05) is 45.9 Å². The third kappa shape index (κ3) is 4.79. The van der Waals surface area contributed by atoms with Gasteiger partial charge in [0.05, 0.1) is 13.1 Å². The summed E-state index contributed by atoms with van der Waals surface area (Å²) < 4.78 is 49.7. The van der Waals surface area contributed by atoms with Gasteiger partial charge < -0.3 is 14.6 Å². The SMILES string of the molecule is Cn1cc([S+]([O-])N2CCN(C3(CNC(=O)c4c(F)cccc4F)CCOCC3)CC2)nn1. The van der Waals surface area contributed by atoms with E-state index in [-0.39, 0.29) is 6.54 Å². The number of carbonyl (C=O) groups excluding carboxylic acids is 1. The highest BCUT2D eigenvalue weighted by Gasteiger charge is 2.42. The molecule has 2 fully saturated rings. The number of benzene rings is 1. The molecule has 2 aromatic rings. The minimum Gasteiger partial charge on any atom is -0.591 e. The minimum absolute atomic E-state index is 0.246. The first-order chi connectivity index (χ1) is 15.4. The van der Waals surface area contributed by atoms with E-state index in [1.54, 1.807) is 13.2 Å². The maximum atomic E-state index is 14.0. The number of hydrogen-bond acceptors (Lipinski definition) is 7. The van der Waals surface area contributed by atoms with Gasteiger partial charge in [0, 0.05) is 45.4 Å². The smallest absolute Gasteiger partial charge is 0.304 e. The number of carbonyl (C=O) groups is 1. The van der Waals surface area contributed by atoms with E-state index < -0.39 is 40.0 Å². The second-order valence-electron chi connectivity index (χ2n) is 8.01. The Morgan fingerprint density at radius 3 is 2.47 bits per heavy atom. The Morgan fingerprint density at radius 2 is 1.88 bits per heavy atom. The monoisotopic (exact) mass is 468 g/mol. The van der Waals surface area contributed by atoms with Crippen LogP contribution < -0.4 is 5.32 Å². The Morgan fingerprint density at radius 1 is 1.22 bits per heavy atom. The molecule has 2 aliphatic heterocycles. The third-order valence-electron chi connectivity index (χ3n) is 6.10.